The predicted molar refractivity (Wildman–Crippen MR) is 123 cm³/mol. The van der Waals surface area contributed by atoms with Crippen molar-refractivity contribution in [2.75, 3.05) is 49.9 Å². The quantitative estimate of drug-likeness (QED) is 0.259. The minimum absolute atomic E-state index is 0. The normalized spacial score (nSPS) is 10.3. The molecular formula is C24H36Cl2N4O2. The largest absolute Gasteiger partial charge is 1.00 e. The molecular weight excluding hydrogens is 447 g/mol. The zero-order chi connectivity index (χ0) is 21.9. The first-order chi connectivity index (χ1) is 14.5. The maximum Gasteiger partial charge on any atom is 0.279 e. The van der Waals surface area contributed by atoms with Crippen molar-refractivity contribution in [3.05, 3.63) is 48.5 Å². The fourth-order valence-corrected chi connectivity index (χ4v) is 3.36. The number of carbonyl (C=O) groups is 2. The molecule has 0 saturated carbocycles. The van der Waals surface area contributed by atoms with Crippen molar-refractivity contribution < 1.29 is 44.2 Å². The van der Waals surface area contributed by atoms with E-state index in [0.717, 1.165) is 48.7 Å². The smallest absolute Gasteiger partial charge is 0.279 e. The number of likely N-dealkylation sites (N-methyl/N-ethyl adjacent to an activating group) is 2. The van der Waals surface area contributed by atoms with Gasteiger partial charge in [-0.05, 0) is 63.1 Å². The van der Waals surface area contributed by atoms with Crippen LogP contribution in [-0.4, -0.2) is 51.1 Å². The van der Waals surface area contributed by atoms with Crippen LogP contribution in [0.5, 0.6) is 0 Å². The third kappa shape index (κ3) is 9.57. The van der Waals surface area contributed by atoms with E-state index in [1.165, 1.54) is 9.80 Å². The molecule has 0 unspecified atom stereocenters. The summed E-state index contributed by atoms with van der Waals surface area (Å²) in [5.74, 6) is 0.0705. The summed E-state index contributed by atoms with van der Waals surface area (Å²) >= 11 is 0. The van der Waals surface area contributed by atoms with E-state index >= 15 is 0 Å². The standard InChI is InChI=1S/C24H34N4O2.2ClH/c1-5-27(6-2)17-23(29)25-21-13-9-19(10-14-21)20-11-15-22(16-12-20)26-24(30)18-28(7-3)8-4;;/h9-16H,5-8,17-18H2,1-4H3,(H,25,29)(H,26,30);2*1H. The molecule has 0 bridgehead atoms. The van der Waals surface area contributed by atoms with Crippen molar-refractivity contribution in [3.63, 3.8) is 0 Å². The fourth-order valence-electron chi connectivity index (χ4n) is 3.36. The molecule has 32 heavy (non-hydrogen) atoms. The molecule has 0 aliphatic rings. The molecule has 4 N–H and O–H groups in total. The molecule has 0 aromatic heterocycles. The molecule has 0 aliphatic heterocycles. The van der Waals surface area contributed by atoms with Gasteiger partial charge in [0.25, 0.3) is 11.8 Å². The topological polar surface area (TPSA) is 67.1 Å². The maximum absolute atomic E-state index is 12.2. The molecule has 2 amide bonds. The highest BCUT2D eigenvalue weighted by molar-refractivity contribution is 5.92. The van der Waals surface area contributed by atoms with Crippen molar-refractivity contribution in [1.82, 2.24) is 0 Å². The number of rotatable bonds is 11. The van der Waals surface area contributed by atoms with Gasteiger partial charge in [0.15, 0.2) is 13.1 Å². The van der Waals surface area contributed by atoms with Gasteiger partial charge in [0.1, 0.15) is 0 Å². The Bertz CT molecular complexity index is 736. The molecule has 0 heterocycles. The number of quaternary nitrogens is 2. The summed E-state index contributed by atoms with van der Waals surface area (Å²) in [6, 6.07) is 15.7. The summed E-state index contributed by atoms with van der Waals surface area (Å²) in [7, 11) is 0. The van der Waals surface area contributed by atoms with E-state index in [1.54, 1.807) is 0 Å². The maximum atomic E-state index is 12.2. The minimum Gasteiger partial charge on any atom is -1.00 e. The highest BCUT2D eigenvalue weighted by atomic mass is 35.5. The van der Waals surface area contributed by atoms with Gasteiger partial charge in [-0.3, -0.25) is 9.59 Å². The lowest BCUT2D eigenvalue weighted by Gasteiger charge is -2.15. The SMILES string of the molecule is CC[NH+](CC)CC(=O)Nc1ccc(-c2ccc(NC(=O)C[NH+](CC)CC)cc2)cc1.[Cl-].[Cl-]. The minimum atomic E-state index is 0. The van der Waals surface area contributed by atoms with Gasteiger partial charge in [-0.1, -0.05) is 24.3 Å². The average molecular weight is 483 g/mol. The summed E-state index contributed by atoms with van der Waals surface area (Å²) in [6.07, 6.45) is 0. The van der Waals surface area contributed by atoms with Gasteiger partial charge < -0.3 is 45.2 Å². The van der Waals surface area contributed by atoms with Gasteiger partial charge in [-0.15, -0.1) is 0 Å². The summed E-state index contributed by atoms with van der Waals surface area (Å²) in [5.41, 5.74) is 3.73. The van der Waals surface area contributed by atoms with Crippen LogP contribution >= 0.6 is 0 Å². The number of hydrogen-bond donors (Lipinski definition) is 4. The third-order valence-corrected chi connectivity index (χ3v) is 5.49. The monoisotopic (exact) mass is 482 g/mol. The molecule has 0 aliphatic carbocycles. The van der Waals surface area contributed by atoms with Crippen LogP contribution in [0.15, 0.2) is 48.5 Å². The number of hydrogen-bond acceptors (Lipinski definition) is 2. The first kappa shape index (κ1) is 29.9. The first-order valence-electron chi connectivity index (χ1n) is 11.0. The Kier molecular flexibility index (Phi) is 14.6. The third-order valence-electron chi connectivity index (χ3n) is 5.49. The van der Waals surface area contributed by atoms with E-state index in [-0.39, 0.29) is 36.6 Å². The van der Waals surface area contributed by atoms with Crippen LogP contribution in [-0.2, 0) is 9.59 Å². The van der Waals surface area contributed by atoms with Crippen molar-refractivity contribution in [2.45, 2.75) is 27.7 Å². The molecule has 2 aromatic rings. The van der Waals surface area contributed by atoms with Crippen molar-refractivity contribution in [2.24, 2.45) is 0 Å². The molecule has 6 nitrogen and oxygen atoms in total. The van der Waals surface area contributed by atoms with Gasteiger partial charge in [-0.25, -0.2) is 0 Å². The highest BCUT2D eigenvalue weighted by Gasteiger charge is 2.12. The van der Waals surface area contributed by atoms with Crippen molar-refractivity contribution in [3.8, 4) is 11.1 Å². The number of anilines is 2. The van der Waals surface area contributed by atoms with Crippen LogP contribution in [0.4, 0.5) is 11.4 Å². The zero-order valence-corrected chi connectivity index (χ0v) is 20.9. The van der Waals surface area contributed by atoms with Crippen LogP contribution in [0, 0.1) is 0 Å². The summed E-state index contributed by atoms with van der Waals surface area (Å²) in [5, 5.41) is 5.93. The lowest BCUT2D eigenvalue weighted by Crippen LogP contribution is -3.12. The Morgan fingerprint density at radius 2 is 0.875 bits per heavy atom. The van der Waals surface area contributed by atoms with E-state index in [2.05, 4.69) is 38.3 Å². The molecule has 0 fully saturated rings. The molecule has 8 heteroatoms. The van der Waals surface area contributed by atoms with Crippen LogP contribution < -0.4 is 45.2 Å². The van der Waals surface area contributed by atoms with E-state index in [0.29, 0.717) is 13.1 Å². The Hall–Kier alpha value is -2.12. The number of benzene rings is 2. The molecule has 0 spiro atoms. The zero-order valence-electron chi connectivity index (χ0n) is 19.4. The van der Waals surface area contributed by atoms with E-state index < -0.39 is 0 Å². The lowest BCUT2D eigenvalue weighted by atomic mass is 10.0. The Balaban J connectivity index is 0.00000480. The molecule has 2 rings (SSSR count). The molecule has 0 radical (unpaired) electrons. The first-order valence-corrected chi connectivity index (χ1v) is 11.0. The molecule has 0 atom stereocenters. The van der Waals surface area contributed by atoms with Crippen molar-refractivity contribution in [1.29, 1.82) is 0 Å². The van der Waals surface area contributed by atoms with Gasteiger partial charge in [0, 0.05) is 11.4 Å². The second-order valence-electron chi connectivity index (χ2n) is 7.52. The number of amides is 2. The molecule has 2 aromatic carbocycles. The van der Waals surface area contributed by atoms with Gasteiger partial charge in [0.05, 0.1) is 26.2 Å². The van der Waals surface area contributed by atoms with E-state index in [9.17, 15) is 9.59 Å². The Morgan fingerprint density at radius 1 is 0.594 bits per heavy atom. The van der Waals surface area contributed by atoms with Gasteiger partial charge >= 0.3 is 0 Å². The summed E-state index contributed by atoms with van der Waals surface area (Å²) in [6.45, 7) is 13.1. The summed E-state index contributed by atoms with van der Waals surface area (Å²) < 4.78 is 0. The second-order valence-corrected chi connectivity index (χ2v) is 7.52. The van der Waals surface area contributed by atoms with E-state index in [1.807, 2.05) is 48.5 Å². The van der Waals surface area contributed by atoms with Crippen molar-refractivity contribution >= 4 is 23.2 Å². The van der Waals surface area contributed by atoms with Crippen LogP contribution in [0.25, 0.3) is 11.1 Å². The second kappa shape index (κ2) is 15.6. The fraction of sp³-hybridized carbons (Fsp3) is 0.417. The highest BCUT2D eigenvalue weighted by Crippen LogP contribution is 2.23. The summed E-state index contributed by atoms with van der Waals surface area (Å²) in [4.78, 5) is 26.8. The van der Waals surface area contributed by atoms with Crippen LogP contribution in [0.3, 0.4) is 0 Å². The number of carbonyl (C=O) groups excluding carboxylic acids is 2. The van der Waals surface area contributed by atoms with Gasteiger partial charge in [0.2, 0.25) is 0 Å². The predicted octanol–water partition coefficient (Wildman–Crippen LogP) is -4.91. The lowest BCUT2D eigenvalue weighted by molar-refractivity contribution is -0.888. The Labute approximate surface area is 204 Å². The van der Waals surface area contributed by atoms with Crippen LogP contribution in [0.1, 0.15) is 27.7 Å². The average Bonchev–Trinajstić information content (AvgIpc) is 2.77. The van der Waals surface area contributed by atoms with Gasteiger partial charge in [-0.2, -0.15) is 0 Å². The van der Waals surface area contributed by atoms with Crippen LogP contribution in [0.2, 0.25) is 0 Å². The number of halogens is 2. The Morgan fingerprint density at radius 3 is 1.12 bits per heavy atom. The number of nitrogens with one attached hydrogen (secondary N) is 4. The molecule has 178 valence electrons. The molecule has 0 saturated heterocycles. The van der Waals surface area contributed by atoms with E-state index in [4.69, 9.17) is 0 Å².